The molecule has 2 aromatic rings. The molecule has 25 heavy (non-hydrogen) atoms. The molecule has 3 rings (SSSR count). The molecule has 1 aliphatic carbocycles. The molecule has 0 saturated heterocycles. The van der Waals surface area contributed by atoms with Gasteiger partial charge in [-0.3, -0.25) is 0 Å². The average Bonchev–Trinajstić information content (AvgIpc) is 2.50. The highest BCUT2D eigenvalue weighted by molar-refractivity contribution is 7.99. The predicted octanol–water partition coefficient (Wildman–Crippen LogP) is 4.95. The monoisotopic (exact) mass is 368 g/mol. The van der Waals surface area contributed by atoms with E-state index in [1.807, 2.05) is 19.1 Å². The standard InChI is InChI=1S/C18H19F3N2OS/c1-10-5-6-12-11(7-10)8-17(2,3)13-14(12)22-16(23-15(13)24-4)25-9-18(19,20)21/h5-7H,8-9H2,1-4H3. The summed E-state index contributed by atoms with van der Waals surface area (Å²) >= 11 is 0.580. The van der Waals surface area contributed by atoms with Crippen LogP contribution in [0.3, 0.4) is 0 Å². The van der Waals surface area contributed by atoms with Crippen molar-refractivity contribution in [1.82, 2.24) is 9.97 Å². The van der Waals surface area contributed by atoms with Crippen LogP contribution in [0.5, 0.6) is 5.88 Å². The second-order valence-electron chi connectivity index (χ2n) is 6.86. The molecule has 1 aromatic heterocycles. The largest absolute Gasteiger partial charge is 0.481 e. The van der Waals surface area contributed by atoms with Crippen LogP contribution in [0.25, 0.3) is 11.3 Å². The second kappa shape index (κ2) is 6.20. The quantitative estimate of drug-likeness (QED) is 0.567. The van der Waals surface area contributed by atoms with E-state index in [1.54, 1.807) is 0 Å². The van der Waals surface area contributed by atoms with Crippen molar-refractivity contribution < 1.29 is 17.9 Å². The van der Waals surface area contributed by atoms with Gasteiger partial charge < -0.3 is 4.74 Å². The van der Waals surface area contributed by atoms with Crippen molar-refractivity contribution in [3.8, 4) is 17.1 Å². The Balaban J connectivity index is 2.16. The van der Waals surface area contributed by atoms with Gasteiger partial charge in [0.2, 0.25) is 5.88 Å². The van der Waals surface area contributed by atoms with E-state index >= 15 is 0 Å². The van der Waals surface area contributed by atoms with E-state index in [-0.39, 0.29) is 10.6 Å². The first kappa shape index (κ1) is 18.0. The van der Waals surface area contributed by atoms with Gasteiger partial charge in [0.15, 0.2) is 5.16 Å². The van der Waals surface area contributed by atoms with Gasteiger partial charge in [0.25, 0.3) is 0 Å². The lowest BCUT2D eigenvalue weighted by atomic mass is 9.72. The Labute approximate surface area is 149 Å². The highest BCUT2D eigenvalue weighted by atomic mass is 32.2. The summed E-state index contributed by atoms with van der Waals surface area (Å²) < 4.78 is 43.1. The average molecular weight is 368 g/mol. The lowest BCUT2D eigenvalue weighted by molar-refractivity contribution is -0.105. The Hall–Kier alpha value is -1.76. The van der Waals surface area contributed by atoms with E-state index in [0.29, 0.717) is 23.3 Å². The molecule has 0 bridgehead atoms. The molecule has 0 radical (unpaired) electrons. The van der Waals surface area contributed by atoms with Gasteiger partial charge in [0, 0.05) is 16.5 Å². The Morgan fingerprint density at radius 3 is 2.60 bits per heavy atom. The number of alkyl halides is 3. The number of aryl methyl sites for hydroxylation is 1. The van der Waals surface area contributed by atoms with Crippen LogP contribution in [0.15, 0.2) is 23.4 Å². The Morgan fingerprint density at radius 2 is 1.96 bits per heavy atom. The summed E-state index contributed by atoms with van der Waals surface area (Å²) in [6, 6.07) is 6.07. The third-order valence-electron chi connectivity index (χ3n) is 4.24. The molecule has 3 nitrogen and oxygen atoms in total. The molecule has 0 saturated carbocycles. The third kappa shape index (κ3) is 3.61. The van der Waals surface area contributed by atoms with Gasteiger partial charge in [-0.1, -0.05) is 49.4 Å². The van der Waals surface area contributed by atoms with Crippen molar-refractivity contribution in [2.45, 2.75) is 43.9 Å². The minimum absolute atomic E-state index is 0.0807. The highest BCUT2D eigenvalue weighted by Gasteiger charge is 2.37. The molecule has 0 amide bonds. The summed E-state index contributed by atoms with van der Waals surface area (Å²) in [5.41, 5.74) is 4.48. The third-order valence-corrected chi connectivity index (χ3v) is 5.15. The van der Waals surface area contributed by atoms with Crippen LogP contribution in [0.2, 0.25) is 0 Å². The molecule has 7 heteroatoms. The number of hydrogen-bond donors (Lipinski definition) is 0. The maximum Gasteiger partial charge on any atom is 0.398 e. The maximum atomic E-state index is 12.6. The lowest BCUT2D eigenvalue weighted by Gasteiger charge is -2.34. The molecule has 1 aromatic carbocycles. The number of fused-ring (bicyclic) bond motifs is 3. The molecule has 0 fully saturated rings. The van der Waals surface area contributed by atoms with Gasteiger partial charge in [-0.05, 0) is 18.9 Å². The molecule has 134 valence electrons. The summed E-state index contributed by atoms with van der Waals surface area (Å²) in [7, 11) is 1.49. The maximum absolute atomic E-state index is 12.6. The van der Waals surface area contributed by atoms with E-state index in [1.165, 1.54) is 7.11 Å². The number of ether oxygens (including phenoxy) is 1. The summed E-state index contributed by atoms with van der Waals surface area (Å²) in [4.78, 5) is 8.69. The summed E-state index contributed by atoms with van der Waals surface area (Å²) in [5, 5.41) is 0.0807. The Morgan fingerprint density at radius 1 is 1.24 bits per heavy atom. The van der Waals surface area contributed by atoms with Crippen molar-refractivity contribution in [1.29, 1.82) is 0 Å². The highest BCUT2D eigenvalue weighted by Crippen LogP contribution is 2.46. The minimum Gasteiger partial charge on any atom is -0.481 e. The van der Waals surface area contributed by atoms with Crippen LogP contribution in [-0.2, 0) is 11.8 Å². The van der Waals surface area contributed by atoms with E-state index in [9.17, 15) is 13.2 Å². The van der Waals surface area contributed by atoms with Gasteiger partial charge >= 0.3 is 6.18 Å². The molecular formula is C18H19F3N2OS. The summed E-state index contributed by atoms with van der Waals surface area (Å²) in [6.45, 7) is 6.17. The van der Waals surface area contributed by atoms with Gasteiger partial charge in [-0.15, -0.1) is 0 Å². The molecule has 0 atom stereocenters. The fraction of sp³-hybridized carbons (Fsp3) is 0.444. The molecule has 0 unspecified atom stereocenters. The molecule has 1 heterocycles. The van der Waals surface area contributed by atoms with E-state index < -0.39 is 11.9 Å². The van der Waals surface area contributed by atoms with E-state index in [2.05, 4.69) is 29.9 Å². The van der Waals surface area contributed by atoms with Crippen molar-refractivity contribution >= 4 is 11.8 Å². The number of aromatic nitrogens is 2. The van der Waals surface area contributed by atoms with Gasteiger partial charge in [-0.2, -0.15) is 18.2 Å². The SMILES string of the molecule is COc1nc(SCC(F)(F)F)nc2c1C(C)(C)Cc1cc(C)ccc1-2. The number of rotatable bonds is 3. The number of methoxy groups -OCH3 is 1. The second-order valence-corrected chi connectivity index (χ2v) is 7.81. The zero-order valence-electron chi connectivity index (χ0n) is 14.5. The number of hydrogen-bond acceptors (Lipinski definition) is 4. The number of benzene rings is 1. The van der Waals surface area contributed by atoms with Gasteiger partial charge in [-0.25, -0.2) is 4.98 Å². The summed E-state index contributed by atoms with van der Waals surface area (Å²) in [5.74, 6) is -0.676. The van der Waals surface area contributed by atoms with Crippen LogP contribution < -0.4 is 4.74 Å². The van der Waals surface area contributed by atoms with Gasteiger partial charge in [0.05, 0.1) is 18.6 Å². The first-order valence-electron chi connectivity index (χ1n) is 7.87. The molecule has 1 aliphatic rings. The molecular weight excluding hydrogens is 349 g/mol. The molecule has 0 N–H and O–H groups in total. The van der Waals surface area contributed by atoms with E-state index in [4.69, 9.17) is 4.74 Å². The van der Waals surface area contributed by atoms with Gasteiger partial charge in [0.1, 0.15) is 0 Å². The summed E-state index contributed by atoms with van der Waals surface area (Å²) in [6.07, 6.45) is -3.47. The smallest absolute Gasteiger partial charge is 0.398 e. The topological polar surface area (TPSA) is 35.0 Å². The zero-order chi connectivity index (χ0) is 18.4. The van der Waals surface area contributed by atoms with Crippen molar-refractivity contribution in [3.63, 3.8) is 0 Å². The number of nitrogens with zero attached hydrogens (tertiary/aromatic N) is 2. The van der Waals surface area contributed by atoms with Crippen LogP contribution >= 0.6 is 11.8 Å². The fourth-order valence-corrected chi connectivity index (χ4v) is 3.84. The van der Waals surface area contributed by atoms with Crippen LogP contribution in [0.4, 0.5) is 13.2 Å². The first-order chi connectivity index (χ1) is 11.6. The Kier molecular flexibility index (Phi) is 4.47. The lowest BCUT2D eigenvalue weighted by Crippen LogP contribution is -2.28. The Bertz CT molecular complexity index is 819. The predicted molar refractivity (Wildman–Crippen MR) is 92.3 cm³/mol. The molecule has 0 aliphatic heterocycles. The van der Waals surface area contributed by atoms with Crippen LogP contribution in [-0.4, -0.2) is 29.0 Å². The first-order valence-corrected chi connectivity index (χ1v) is 8.85. The zero-order valence-corrected chi connectivity index (χ0v) is 15.3. The van der Waals surface area contributed by atoms with Crippen LogP contribution in [0.1, 0.15) is 30.5 Å². The molecule has 0 spiro atoms. The van der Waals surface area contributed by atoms with E-state index in [0.717, 1.165) is 28.7 Å². The van der Waals surface area contributed by atoms with Crippen LogP contribution in [0, 0.1) is 6.92 Å². The minimum atomic E-state index is -4.27. The normalized spacial score (nSPS) is 15.5. The van der Waals surface area contributed by atoms with Crippen molar-refractivity contribution in [2.24, 2.45) is 0 Å². The number of thioether (sulfide) groups is 1. The number of halogens is 3. The van der Waals surface area contributed by atoms with Crippen molar-refractivity contribution in [2.75, 3.05) is 12.9 Å². The fourth-order valence-electron chi connectivity index (χ4n) is 3.25. The van der Waals surface area contributed by atoms with Crippen molar-refractivity contribution in [3.05, 3.63) is 34.9 Å².